The Morgan fingerprint density at radius 3 is 1.52 bits per heavy atom. The summed E-state index contributed by atoms with van der Waals surface area (Å²) in [5.74, 6) is 0. The molecule has 0 aromatic rings. The van der Waals surface area contributed by atoms with Gasteiger partial charge in [-0.3, -0.25) is 0 Å². The van der Waals surface area contributed by atoms with Crippen LogP contribution in [0.5, 0.6) is 0 Å². The summed E-state index contributed by atoms with van der Waals surface area (Å²) in [6.45, 7) is 26.1. The van der Waals surface area contributed by atoms with E-state index in [4.69, 9.17) is 8.85 Å². The Morgan fingerprint density at radius 2 is 1.29 bits per heavy atom. The van der Waals surface area contributed by atoms with Gasteiger partial charge in [0, 0.05) is 17.2 Å². The third-order valence-electron chi connectivity index (χ3n) is 3.98. The molecule has 0 spiro atoms. The normalized spacial score (nSPS) is 14.3. The molecule has 0 radical (unpaired) electrons. The van der Waals surface area contributed by atoms with Gasteiger partial charge in [-0.1, -0.05) is 47.6 Å². The van der Waals surface area contributed by atoms with Crippen LogP contribution in [0, 0.1) is 5.41 Å². The van der Waals surface area contributed by atoms with Crippen LogP contribution >= 0.6 is 0 Å². The molecule has 2 nitrogen and oxygen atoms in total. The average molecular weight is 315 g/mol. The minimum atomic E-state index is -2.40. The molecule has 0 bridgehead atoms. The molecular weight excluding hydrogens is 276 g/mol. The van der Waals surface area contributed by atoms with E-state index in [0.717, 1.165) is 6.42 Å². The first-order chi connectivity index (χ1) is 9.29. The number of hydrogen-bond acceptors (Lipinski definition) is 2. The Kier molecular flexibility index (Phi) is 7.39. The molecule has 0 aliphatic carbocycles. The number of hydrogen-bond donors (Lipinski definition) is 0. The van der Waals surface area contributed by atoms with Crippen LogP contribution in [0.1, 0.15) is 75.7 Å². The highest BCUT2D eigenvalue weighted by Crippen LogP contribution is 2.53. The Balaban J connectivity index is 5.77. The summed E-state index contributed by atoms with van der Waals surface area (Å²) in [6, 6.07) is 0. The summed E-state index contributed by atoms with van der Waals surface area (Å²) in [5, 5.41) is 0.00734. The summed E-state index contributed by atoms with van der Waals surface area (Å²) in [7, 11) is -2.40. The van der Waals surface area contributed by atoms with Crippen LogP contribution in [-0.2, 0) is 8.85 Å². The third kappa shape index (κ3) is 5.54. The predicted molar refractivity (Wildman–Crippen MR) is 95.9 cm³/mol. The Morgan fingerprint density at radius 1 is 0.905 bits per heavy atom. The van der Waals surface area contributed by atoms with Crippen molar-refractivity contribution >= 4 is 8.56 Å². The quantitative estimate of drug-likeness (QED) is 0.380. The Hall–Kier alpha value is -0.123. The van der Waals surface area contributed by atoms with Crippen molar-refractivity contribution in [3.8, 4) is 0 Å². The second kappa shape index (κ2) is 7.43. The molecule has 0 saturated carbocycles. The number of allylic oxidation sites excluding steroid dienone is 1. The van der Waals surface area contributed by atoms with Crippen molar-refractivity contribution in [2.24, 2.45) is 5.41 Å². The first-order valence-corrected chi connectivity index (χ1v) is 10.2. The molecule has 0 aliphatic rings. The van der Waals surface area contributed by atoms with Crippen molar-refractivity contribution < 1.29 is 8.85 Å². The van der Waals surface area contributed by atoms with Crippen LogP contribution < -0.4 is 0 Å². The molecule has 0 fully saturated rings. The maximum Gasteiger partial charge on any atom is 0.347 e. The fraction of sp³-hybridized carbons (Fsp3) is 0.889. The van der Waals surface area contributed by atoms with Crippen molar-refractivity contribution in [2.45, 2.75) is 98.4 Å². The topological polar surface area (TPSA) is 18.5 Å². The van der Waals surface area contributed by atoms with Gasteiger partial charge in [-0.25, -0.2) is 0 Å². The molecular formula is C18H38O2Si. The minimum absolute atomic E-state index is 0.00734. The van der Waals surface area contributed by atoms with Gasteiger partial charge >= 0.3 is 8.56 Å². The van der Waals surface area contributed by atoms with Crippen LogP contribution in [0.4, 0.5) is 0 Å². The van der Waals surface area contributed by atoms with Crippen molar-refractivity contribution in [2.75, 3.05) is 0 Å². The molecule has 126 valence electrons. The SMILES string of the molecule is C=CC(C)(C)CC(C)(C)[Si](OC(C)C)(OC(C)C)C(C)C. The maximum atomic E-state index is 6.55. The van der Waals surface area contributed by atoms with E-state index in [1.54, 1.807) is 0 Å². The zero-order valence-electron chi connectivity index (χ0n) is 16.0. The molecule has 0 unspecified atom stereocenters. The molecule has 3 heteroatoms. The lowest BCUT2D eigenvalue weighted by Crippen LogP contribution is -2.57. The highest BCUT2D eigenvalue weighted by Gasteiger charge is 2.56. The summed E-state index contributed by atoms with van der Waals surface area (Å²) in [6.07, 6.45) is 3.44. The molecule has 0 rings (SSSR count). The van der Waals surface area contributed by atoms with Crippen LogP contribution in [0.3, 0.4) is 0 Å². The van der Waals surface area contributed by atoms with Crippen LogP contribution in [0.15, 0.2) is 12.7 Å². The summed E-state index contributed by atoms with van der Waals surface area (Å²) in [4.78, 5) is 0. The van der Waals surface area contributed by atoms with Gasteiger partial charge in [-0.2, -0.15) is 0 Å². The fourth-order valence-electron chi connectivity index (χ4n) is 3.44. The van der Waals surface area contributed by atoms with Crippen molar-refractivity contribution in [3.05, 3.63) is 12.7 Å². The Bertz CT molecular complexity index is 320. The van der Waals surface area contributed by atoms with Gasteiger partial charge in [0.1, 0.15) is 0 Å². The van der Waals surface area contributed by atoms with Gasteiger partial charge in [-0.05, 0) is 45.1 Å². The van der Waals surface area contributed by atoms with Crippen molar-refractivity contribution in [1.29, 1.82) is 0 Å². The smallest absolute Gasteiger partial charge is 0.347 e. The summed E-state index contributed by atoms with van der Waals surface area (Å²) < 4.78 is 13.1. The van der Waals surface area contributed by atoms with Gasteiger partial charge < -0.3 is 8.85 Å². The fourth-order valence-corrected chi connectivity index (χ4v) is 8.34. The van der Waals surface area contributed by atoms with Crippen molar-refractivity contribution in [1.82, 2.24) is 0 Å². The van der Waals surface area contributed by atoms with Gasteiger partial charge in [0.2, 0.25) is 0 Å². The van der Waals surface area contributed by atoms with Crippen molar-refractivity contribution in [3.63, 3.8) is 0 Å². The lowest BCUT2D eigenvalue weighted by Gasteiger charge is -2.49. The zero-order valence-corrected chi connectivity index (χ0v) is 17.0. The van der Waals surface area contributed by atoms with Gasteiger partial charge in [0.25, 0.3) is 0 Å². The highest BCUT2D eigenvalue weighted by atomic mass is 28.4. The van der Waals surface area contributed by atoms with Gasteiger partial charge in [0.05, 0.1) is 0 Å². The lowest BCUT2D eigenvalue weighted by atomic mass is 9.84. The maximum absolute atomic E-state index is 6.55. The molecule has 21 heavy (non-hydrogen) atoms. The monoisotopic (exact) mass is 314 g/mol. The van der Waals surface area contributed by atoms with Gasteiger partial charge in [0.15, 0.2) is 0 Å². The van der Waals surface area contributed by atoms with Crippen LogP contribution in [-0.4, -0.2) is 20.8 Å². The van der Waals surface area contributed by atoms with E-state index in [1.807, 2.05) is 0 Å². The van der Waals surface area contributed by atoms with Crippen LogP contribution in [0.25, 0.3) is 0 Å². The molecule has 0 heterocycles. The Labute approximate surface area is 134 Å². The van der Waals surface area contributed by atoms with Gasteiger partial charge in [-0.15, -0.1) is 6.58 Å². The zero-order chi connectivity index (χ0) is 17.1. The summed E-state index contributed by atoms with van der Waals surface area (Å²) >= 11 is 0. The van der Waals surface area contributed by atoms with E-state index in [-0.39, 0.29) is 22.7 Å². The molecule has 0 saturated heterocycles. The van der Waals surface area contributed by atoms with Crippen LogP contribution in [0.2, 0.25) is 10.6 Å². The number of rotatable bonds is 9. The average Bonchev–Trinajstić information content (AvgIpc) is 2.24. The molecule has 0 aromatic carbocycles. The minimum Gasteiger partial charge on any atom is -0.391 e. The molecule has 0 aromatic heterocycles. The highest BCUT2D eigenvalue weighted by molar-refractivity contribution is 6.72. The summed E-state index contributed by atoms with van der Waals surface area (Å²) in [5.41, 5.74) is 0.482. The molecule has 0 aliphatic heterocycles. The molecule has 0 amide bonds. The van der Waals surface area contributed by atoms with E-state index in [0.29, 0.717) is 5.54 Å². The molecule has 0 N–H and O–H groups in total. The first-order valence-electron chi connectivity index (χ1n) is 8.29. The van der Waals surface area contributed by atoms with E-state index >= 15 is 0 Å². The predicted octanol–water partition coefficient (Wildman–Crippen LogP) is 6.07. The van der Waals surface area contributed by atoms with E-state index in [1.165, 1.54) is 0 Å². The van der Waals surface area contributed by atoms with E-state index in [2.05, 4.69) is 81.9 Å². The second-order valence-corrected chi connectivity index (χ2v) is 12.7. The van der Waals surface area contributed by atoms with E-state index in [9.17, 15) is 0 Å². The first kappa shape index (κ1) is 20.9. The lowest BCUT2D eigenvalue weighted by molar-refractivity contribution is 0.0739. The van der Waals surface area contributed by atoms with E-state index < -0.39 is 8.56 Å². The second-order valence-electron chi connectivity index (χ2n) is 8.41. The third-order valence-corrected chi connectivity index (χ3v) is 9.20. The largest absolute Gasteiger partial charge is 0.391 e. The molecule has 0 atom stereocenters. The standard InChI is InChI=1S/C18H38O2Si/c1-12-17(8,9)13-18(10,11)21(16(6)7,19-14(2)3)20-15(4)5/h12,14-16H,1,13H2,2-11H3.